The van der Waals surface area contributed by atoms with E-state index in [4.69, 9.17) is 4.74 Å². The van der Waals surface area contributed by atoms with E-state index in [0.29, 0.717) is 18.7 Å². The molecule has 0 atom stereocenters. The maximum atomic E-state index is 14.8. The smallest absolute Gasteiger partial charge is 0.410 e. The lowest BCUT2D eigenvalue weighted by atomic mass is 9.98. The van der Waals surface area contributed by atoms with Crippen molar-refractivity contribution in [3.63, 3.8) is 0 Å². The van der Waals surface area contributed by atoms with E-state index in [-0.39, 0.29) is 36.4 Å². The van der Waals surface area contributed by atoms with E-state index in [2.05, 4.69) is 21.0 Å². The number of carbonyl (C=O) groups excluding carboxylic acids is 1. The van der Waals surface area contributed by atoms with Crippen molar-refractivity contribution >= 4 is 16.2 Å². The molecule has 0 saturated heterocycles. The highest BCUT2D eigenvalue weighted by Gasteiger charge is 2.39. The Morgan fingerprint density at radius 3 is 2.59 bits per heavy atom. The summed E-state index contributed by atoms with van der Waals surface area (Å²) in [6, 6.07) is 0. The van der Waals surface area contributed by atoms with Crippen LogP contribution in [0.1, 0.15) is 50.6 Å². The van der Waals surface area contributed by atoms with Crippen molar-refractivity contribution in [2.45, 2.75) is 58.1 Å². The molecule has 8 nitrogen and oxygen atoms in total. The van der Waals surface area contributed by atoms with Crippen LogP contribution in [0.25, 0.3) is 0 Å². The Labute approximate surface area is 169 Å². The van der Waals surface area contributed by atoms with Crippen LogP contribution in [0.5, 0.6) is 0 Å². The number of aromatic nitrogens is 2. The highest BCUT2D eigenvalue weighted by Crippen LogP contribution is 2.37. The van der Waals surface area contributed by atoms with Crippen molar-refractivity contribution < 1.29 is 30.9 Å². The van der Waals surface area contributed by atoms with Crippen molar-refractivity contribution in [1.82, 2.24) is 15.1 Å². The van der Waals surface area contributed by atoms with Crippen LogP contribution in [-0.2, 0) is 37.9 Å². The van der Waals surface area contributed by atoms with Gasteiger partial charge in [-0.25, -0.2) is 4.79 Å². The van der Waals surface area contributed by atoms with E-state index in [1.807, 2.05) is 0 Å². The van der Waals surface area contributed by atoms with Gasteiger partial charge in [-0.15, -0.1) is 0 Å². The van der Waals surface area contributed by atoms with Gasteiger partial charge in [-0.2, -0.15) is 22.3 Å². The molecule has 1 N–H and O–H groups in total. The maximum absolute atomic E-state index is 14.8. The average Bonchev–Trinajstić information content (AvgIpc) is 3.00. The Balaban J connectivity index is 2.06. The summed E-state index contributed by atoms with van der Waals surface area (Å²) in [6.07, 6.45) is -0.0744. The number of nitrogens with zero attached hydrogens (tertiary/aromatic N) is 2. The fourth-order valence-corrected chi connectivity index (χ4v) is 3.18. The summed E-state index contributed by atoms with van der Waals surface area (Å²) in [5.41, 5.74) is -0.0187. The zero-order valence-electron chi connectivity index (χ0n) is 17.0. The molecule has 29 heavy (non-hydrogen) atoms. The molecule has 0 radical (unpaired) electrons. The van der Waals surface area contributed by atoms with Gasteiger partial charge in [0.1, 0.15) is 11.3 Å². The first-order chi connectivity index (χ1) is 13.2. The molecule has 11 heteroatoms. The first kappa shape index (κ1) is 23.3. The minimum absolute atomic E-state index is 0.0240. The summed E-state index contributed by atoms with van der Waals surface area (Å²) >= 11 is 0. The molecular weight excluding hydrogens is 408 g/mol. The third-order valence-corrected chi connectivity index (χ3v) is 4.75. The zero-order valence-corrected chi connectivity index (χ0v) is 17.9. The van der Waals surface area contributed by atoms with E-state index >= 15 is 0 Å². The van der Waals surface area contributed by atoms with Crippen LogP contribution in [0.15, 0.2) is 12.2 Å². The molecule has 0 saturated carbocycles. The molecule has 2 rings (SSSR count). The SMILES string of the molecule is C=C(CCC(F)(F)c1[nH]nc2c1CN(C(=O)OC(C)(C)C)CC2)COS(C)(=O)=O. The number of hydrogen-bond acceptors (Lipinski definition) is 6. The number of aromatic amines is 1. The number of fused-ring (bicyclic) bond motifs is 1. The van der Waals surface area contributed by atoms with Crippen molar-refractivity contribution in [2.24, 2.45) is 0 Å². The fourth-order valence-electron chi connectivity index (χ4n) is 2.80. The third kappa shape index (κ3) is 6.77. The number of H-pyrrole nitrogens is 1. The van der Waals surface area contributed by atoms with Crippen molar-refractivity contribution in [1.29, 1.82) is 0 Å². The topological polar surface area (TPSA) is 102 Å². The molecule has 0 fully saturated rings. The van der Waals surface area contributed by atoms with Crippen LogP contribution in [0, 0.1) is 0 Å². The first-order valence-corrected chi connectivity index (χ1v) is 10.9. The molecule has 0 aliphatic carbocycles. The number of carbonyl (C=O) groups is 1. The largest absolute Gasteiger partial charge is 0.444 e. The molecule has 1 aliphatic rings. The lowest BCUT2D eigenvalue weighted by molar-refractivity contribution is -0.0199. The van der Waals surface area contributed by atoms with Gasteiger partial charge >= 0.3 is 6.09 Å². The summed E-state index contributed by atoms with van der Waals surface area (Å²) in [4.78, 5) is 13.7. The minimum Gasteiger partial charge on any atom is -0.444 e. The average molecular weight is 435 g/mol. The van der Waals surface area contributed by atoms with Gasteiger partial charge in [0.2, 0.25) is 0 Å². The van der Waals surface area contributed by atoms with Gasteiger partial charge in [0.15, 0.2) is 0 Å². The highest BCUT2D eigenvalue weighted by atomic mass is 32.2. The quantitative estimate of drug-likeness (QED) is 0.522. The van der Waals surface area contributed by atoms with E-state index < -0.39 is 34.2 Å². The van der Waals surface area contributed by atoms with Gasteiger partial charge in [0.05, 0.1) is 25.1 Å². The van der Waals surface area contributed by atoms with Gasteiger partial charge in [0, 0.05) is 24.9 Å². The van der Waals surface area contributed by atoms with Gasteiger partial charge in [0.25, 0.3) is 16.0 Å². The Kier molecular flexibility index (Phi) is 6.73. The Bertz CT molecular complexity index is 875. The molecule has 164 valence electrons. The molecule has 0 aromatic carbocycles. The van der Waals surface area contributed by atoms with Crippen LogP contribution in [0.2, 0.25) is 0 Å². The molecule has 0 spiro atoms. The molecule has 1 aromatic heterocycles. The normalized spacial score (nSPS) is 15.2. The van der Waals surface area contributed by atoms with Crippen molar-refractivity contribution in [3.8, 4) is 0 Å². The number of amides is 1. The fraction of sp³-hybridized carbons (Fsp3) is 0.667. The van der Waals surface area contributed by atoms with E-state index in [1.54, 1.807) is 20.8 Å². The lowest BCUT2D eigenvalue weighted by Gasteiger charge is -2.30. The van der Waals surface area contributed by atoms with Gasteiger partial charge in [-0.1, -0.05) is 12.2 Å². The van der Waals surface area contributed by atoms with Crippen LogP contribution in [0.4, 0.5) is 13.6 Å². The molecule has 0 bridgehead atoms. The second kappa shape index (κ2) is 8.39. The van der Waals surface area contributed by atoms with Crippen LogP contribution >= 0.6 is 0 Å². The summed E-state index contributed by atoms with van der Waals surface area (Å²) in [5.74, 6) is -3.26. The van der Waals surface area contributed by atoms with E-state index in [9.17, 15) is 22.0 Å². The van der Waals surface area contributed by atoms with Crippen LogP contribution < -0.4 is 0 Å². The third-order valence-electron chi connectivity index (χ3n) is 4.21. The molecule has 1 amide bonds. The van der Waals surface area contributed by atoms with Crippen molar-refractivity contribution in [3.05, 3.63) is 29.1 Å². The lowest BCUT2D eigenvalue weighted by Crippen LogP contribution is -2.40. The number of hydrogen-bond donors (Lipinski definition) is 1. The van der Waals surface area contributed by atoms with Crippen LogP contribution in [-0.4, -0.2) is 54.6 Å². The van der Waals surface area contributed by atoms with E-state index in [1.165, 1.54) is 4.90 Å². The molecule has 2 heterocycles. The van der Waals surface area contributed by atoms with E-state index in [0.717, 1.165) is 6.26 Å². The highest BCUT2D eigenvalue weighted by molar-refractivity contribution is 7.86. The Morgan fingerprint density at radius 1 is 1.34 bits per heavy atom. The molecule has 0 unspecified atom stereocenters. The van der Waals surface area contributed by atoms with Crippen LogP contribution in [0.3, 0.4) is 0 Å². The maximum Gasteiger partial charge on any atom is 0.410 e. The number of ether oxygens (including phenoxy) is 1. The summed E-state index contributed by atoms with van der Waals surface area (Å²) in [5, 5.41) is 6.39. The van der Waals surface area contributed by atoms with Crippen molar-refractivity contribution in [2.75, 3.05) is 19.4 Å². The first-order valence-electron chi connectivity index (χ1n) is 9.11. The van der Waals surface area contributed by atoms with Gasteiger partial charge in [-0.05, 0) is 27.2 Å². The minimum atomic E-state index is -3.67. The number of nitrogens with one attached hydrogen (secondary N) is 1. The zero-order chi connectivity index (χ0) is 22.0. The second-order valence-electron chi connectivity index (χ2n) is 8.10. The number of alkyl halides is 2. The van der Waals surface area contributed by atoms with Gasteiger partial charge in [-0.3, -0.25) is 9.28 Å². The Morgan fingerprint density at radius 2 is 2.00 bits per heavy atom. The summed E-state index contributed by atoms with van der Waals surface area (Å²) in [6.45, 7) is 8.75. The molecule has 1 aliphatic heterocycles. The number of halogens is 2. The standard InChI is InChI=1S/C18H27F2N3O5S/c1-12(11-27-29(5,25)26)6-8-18(19,20)15-13-10-23(9-7-14(13)21-22-15)16(24)28-17(2,3)4/h1,6-11H2,2-5H3,(H,21,22). The molecule has 1 aromatic rings. The second-order valence-corrected chi connectivity index (χ2v) is 9.74. The number of rotatable bonds is 7. The predicted molar refractivity (Wildman–Crippen MR) is 102 cm³/mol. The Hall–Kier alpha value is -2.01. The predicted octanol–water partition coefficient (Wildman–Crippen LogP) is 3.11. The molecular formula is C18H27F2N3O5S. The van der Waals surface area contributed by atoms with Gasteiger partial charge < -0.3 is 9.64 Å². The monoisotopic (exact) mass is 435 g/mol. The summed E-state index contributed by atoms with van der Waals surface area (Å²) < 4.78 is 61.5. The summed E-state index contributed by atoms with van der Waals surface area (Å²) in [7, 11) is -3.67.